The largest absolute Gasteiger partial charge is 0.454 e. The van der Waals surface area contributed by atoms with Crippen molar-refractivity contribution in [2.45, 2.75) is 39.3 Å². The summed E-state index contributed by atoms with van der Waals surface area (Å²) in [6, 6.07) is 3.96. The van der Waals surface area contributed by atoms with Crippen molar-refractivity contribution in [1.29, 1.82) is 0 Å². The topological polar surface area (TPSA) is 75.2 Å². The highest BCUT2D eigenvalue weighted by Crippen LogP contribution is 2.39. The summed E-state index contributed by atoms with van der Waals surface area (Å²) in [5, 5.41) is 7.21. The van der Waals surface area contributed by atoms with E-state index >= 15 is 0 Å². The van der Waals surface area contributed by atoms with E-state index in [4.69, 9.17) is 21.1 Å². The van der Waals surface area contributed by atoms with E-state index in [1.807, 2.05) is 30.9 Å². The van der Waals surface area contributed by atoms with Crippen molar-refractivity contribution in [1.82, 2.24) is 15.5 Å². The Kier molecular flexibility index (Phi) is 6.08. The highest BCUT2D eigenvalue weighted by atomic mass is 35.5. The molecule has 8 heteroatoms. The third kappa shape index (κ3) is 4.33. The van der Waals surface area contributed by atoms with E-state index in [-0.39, 0.29) is 18.7 Å². The number of nitrogens with zero attached hydrogens (tertiary/aromatic N) is 2. The van der Waals surface area contributed by atoms with Crippen LogP contribution in [0.3, 0.4) is 0 Å². The molecule has 1 atom stereocenters. The van der Waals surface area contributed by atoms with Crippen molar-refractivity contribution in [3.63, 3.8) is 0 Å². The van der Waals surface area contributed by atoms with E-state index in [9.17, 15) is 4.79 Å². The zero-order chi connectivity index (χ0) is 18.5. The van der Waals surface area contributed by atoms with E-state index in [1.54, 1.807) is 0 Å². The van der Waals surface area contributed by atoms with Gasteiger partial charge in [-0.25, -0.2) is 4.99 Å². The highest BCUT2D eigenvalue weighted by molar-refractivity contribution is 6.32. The van der Waals surface area contributed by atoms with Gasteiger partial charge in [-0.3, -0.25) is 4.79 Å². The molecule has 3 rings (SSSR count). The van der Waals surface area contributed by atoms with Gasteiger partial charge in [0.1, 0.15) is 0 Å². The van der Waals surface area contributed by atoms with Gasteiger partial charge in [0, 0.05) is 32.1 Å². The first-order valence-corrected chi connectivity index (χ1v) is 9.39. The summed E-state index contributed by atoms with van der Waals surface area (Å²) in [6.07, 6.45) is 1.47. The second-order valence-electron chi connectivity index (χ2n) is 6.33. The van der Waals surface area contributed by atoms with Gasteiger partial charge >= 0.3 is 0 Å². The zero-order valence-corrected chi connectivity index (χ0v) is 15.9. The Hall–Kier alpha value is -2.15. The lowest BCUT2D eigenvalue weighted by Crippen LogP contribution is -2.45. The molecule has 0 radical (unpaired) electrons. The minimum absolute atomic E-state index is 0.195. The summed E-state index contributed by atoms with van der Waals surface area (Å²) < 4.78 is 10.7. The number of guanidine groups is 1. The second-order valence-corrected chi connectivity index (χ2v) is 6.74. The Morgan fingerprint density at radius 3 is 3.00 bits per heavy atom. The Labute approximate surface area is 158 Å². The van der Waals surface area contributed by atoms with Crippen LogP contribution in [-0.4, -0.2) is 49.2 Å². The third-order valence-electron chi connectivity index (χ3n) is 4.44. The van der Waals surface area contributed by atoms with E-state index in [2.05, 4.69) is 15.6 Å². The number of amides is 1. The molecule has 2 aliphatic rings. The Balaban J connectivity index is 1.63. The van der Waals surface area contributed by atoms with Crippen molar-refractivity contribution in [2.75, 3.05) is 26.4 Å². The van der Waals surface area contributed by atoms with Crippen LogP contribution in [0.15, 0.2) is 17.1 Å². The molecule has 0 bridgehead atoms. The lowest BCUT2D eigenvalue weighted by molar-refractivity contribution is -0.129. The molecule has 1 aromatic carbocycles. The summed E-state index contributed by atoms with van der Waals surface area (Å²) in [5.74, 6) is 2.18. The van der Waals surface area contributed by atoms with E-state index in [0.29, 0.717) is 36.0 Å². The maximum absolute atomic E-state index is 11.8. The molecule has 26 heavy (non-hydrogen) atoms. The predicted octanol–water partition coefficient (Wildman–Crippen LogP) is 2.13. The van der Waals surface area contributed by atoms with E-state index in [0.717, 1.165) is 31.0 Å². The number of hydrogen-bond acceptors (Lipinski definition) is 4. The maximum atomic E-state index is 11.8. The molecule has 0 saturated carbocycles. The van der Waals surface area contributed by atoms with Crippen LogP contribution in [0, 0.1) is 0 Å². The molecule has 2 heterocycles. The molecule has 0 aromatic heterocycles. The summed E-state index contributed by atoms with van der Waals surface area (Å²) in [4.78, 5) is 18.4. The van der Waals surface area contributed by atoms with Crippen molar-refractivity contribution < 1.29 is 14.3 Å². The highest BCUT2D eigenvalue weighted by Gasteiger charge is 2.25. The summed E-state index contributed by atoms with van der Waals surface area (Å²) in [5.41, 5.74) is 0.950. The number of ether oxygens (including phenoxy) is 2. The first-order chi connectivity index (χ1) is 12.6. The number of aliphatic imine (C=N–C) groups is 1. The van der Waals surface area contributed by atoms with Gasteiger partial charge in [0.2, 0.25) is 12.7 Å². The van der Waals surface area contributed by atoms with Gasteiger partial charge in [-0.2, -0.15) is 0 Å². The molecule has 1 saturated heterocycles. The van der Waals surface area contributed by atoms with Crippen LogP contribution < -0.4 is 20.1 Å². The van der Waals surface area contributed by atoms with Crippen molar-refractivity contribution in [3.05, 3.63) is 22.7 Å². The molecule has 0 spiro atoms. The van der Waals surface area contributed by atoms with Crippen LogP contribution >= 0.6 is 11.6 Å². The van der Waals surface area contributed by atoms with Gasteiger partial charge < -0.3 is 25.0 Å². The second kappa shape index (κ2) is 8.49. The van der Waals surface area contributed by atoms with Gasteiger partial charge in [-0.15, -0.1) is 0 Å². The predicted molar refractivity (Wildman–Crippen MR) is 101 cm³/mol. The fourth-order valence-corrected chi connectivity index (χ4v) is 3.41. The minimum atomic E-state index is 0.195. The lowest BCUT2D eigenvalue weighted by atomic mass is 10.2. The van der Waals surface area contributed by atoms with Crippen LogP contribution in [0.25, 0.3) is 0 Å². The quantitative estimate of drug-likeness (QED) is 0.604. The number of halogens is 1. The average molecular weight is 381 g/mol. The molecule has 142 valence electrons. The Bertz CT molecular complexity index is 695. The first-order valence-electron chi connectivity index (χ1n) is 9.01. The van der Waals surface area contributed by atoms with Crippen LogP contribution in [0.4, 0.5) is 0 Å². The summed E-state index contributed by atoms with van der Waals surface area (Å²) >= 11 is 6.23. The molecule has 1 aromatic rings. The van der Waals surface area contributed by atoms with Crippen LogP contribution in [0.2, 0.25) is 5.02 Å². The Morgan fingerprint density at radius 1 is 1.38 bits per heavy atom. The van der Waals surface area contributed by atoms with Gasteiger partial charge in [0.15, 0.2) is 17.5 Å². The minimum Gasteiger partial charge on any atom is -0.454 e. The number of nitrogens with one attached hydrogen (secondary N) is 2. The first kappa shape index (κ1) is 18.6. The zero-order valence-electron chi connectivity index (χ0n) is 15.2. The van der Waals surface area contributed by atoms with E-state index < -0.39 is 0 Å². The fraction of sp³-hybridized carbons (Fsp3) is 0.556. The monoisotopic (exact) mass is 380 g/mol. The average Bonchev–Trinajstić information content (AvgIpc) is 3.28. The number of carbonyl (C=O) groups excluding carboxylic acids is 1. The third-order valence-corrected chi connectivity index (χ3v) is 4.72. The molecule has 2 N–H and O–H groups in total. The van der Waals surface area contributed by atoms with Gasteiger partial charge in [-0.05, 0) is 31.0 Å². The van der Waals surface area contributed by atoms with E-state index in [1.165, 1.54) is 0 Å². The smallest absolute Gasteiger partial charge is 0.231 e. The number of rotatable bonds is 5. The summed E-state index contributed by atoms with van der Waals surface area (Å²) in [6.45, 7) is 6.85. The lowest BCUT2D eigenvalue weighted by Gasteiger charge is -2.18. The molecule has 7 nitrogen and oxygen atoms in total. The fourth-order valence-electron chi connectivity index (χ4n) is 3.12. The number of hydrogen-bond donors (Lipinski definition) is 2. The van der Waals surface area contributed by atoms with Gasteiger partial charge in [0.25, 0.3) is 0 Å². The van der Waals surface area contributed by atoms with Crippen LogP contribution in [-0.2, 0) is 11.3 Å². The molecule has 1 amide bonds. The number of carbonyl (C=O) groups is 1. The molecular weight excluding hydrogens is 356 g/mol. The normalized spacial score (nSPS) is 19.0. The molecule has 1 fully saturated rings. The SMILES string of the molecule is CCNC(=NCc1cc(Cl)c2c(c1)OCO2)NC1CCN(C(=O)CC)C1. The number of benzene rings is 1. The Morgan fingerprint density at radius 2 is 2.23 bits per heavy atom. The molecule has 2 aliphatic heterocycles. The standard InChI is InChI=1S/C18H25ClN4O3/c1-3-16(24)23-6-5-13(10-23)22-18(20-4-2)21-9-12-7-14(19)17-15(8-12)25-11-26-17/h7-8,13H,3-6,9-11H2,1-2H3,(H2,20,21,22). The van der Waals surface area contributed by atoms with Gasteiger partial charge in [-0.1, -0.05) is 18.5 Å². The van der Waals surface area contributed by atoms with Crippen molar-refractivity contribution in [2.24, 2.45) is 4.99 Å². The van der Waals surface area contributed by atoms with Crippen molar-refractivity contribution in [3.8, 4) is 11.5 Å². The van der Waals surface area contributed by atoms with Gasteiger partial charge in [0.05, 0.1) is 11.6 Å². The number of fused-ring (bicyclic) bond motifs is 1. The van der Waals surface area contributed by atoms with Crippen LogP contribution in [0.1, 0.15) is 32.3 Å². The van der Waals surface area contributed by atoms with Crippen molar-refractivity contribution >= 4 is 23.5 Å². The molecule has 1 unspecified atom stereocenters. The molecule has 0 aliphatic carbocycles. The van der Waals surface area contributed by atoms with Crippen LogP contribution in [0.5, 0.6) is 11.5 Å². The maximum Gasteiger partial charge on any atom is 0.231 e. The summed E-state index contributed by atoms with van der Waals surface area (Å²) in [7, 11) is 0. The molecular formula is C18H25ClN4O3. The number of likely N-dealkylation sites (tertiary alicyclic amines) is 1.